The van der Waals surface area contributed by atoms with Crippen LogP contribution in [0, 0.1) is 17.6 Å². The summed E-state index contributed by atoms with van der Waals surface area (Å²) in [6.07, 6.45) is 3.13. The number of carbonyl (C=O) groups is 1. The third kappa shape index (κ3) is 4.75. The first kappa shape index (κ1) is 23.3. The minimum atomic E-state index is -1.20. The Morgan fingerprint density at radius 1 is 1.11 bits per heavy atom. The largest absolute Gasteiger partial charge is 0.378 e. The van der Waals surface area contributed by atoms with Gasteiger partial charge < -0.3 is 21.1 Å². The molecule has 35 heavy (non-hydrogen) atoms. The Morgan fingerprint density at radius 3 is 2.54 bits per heavy atom. The van der Waals surface area contributed by atoms with Crippen LogP contribution < -0.4 is 16.4 Å². The maximum Gasteiger partial charge on any atom is 0.225 e. The molecule has 9 nitrogen and oxygen atoms in total. The molecule has 0 unspecified atom stereocenters. The average Bonchev–Trinajstić information content (AvgIpc) is 3.20. The van der Waals surface area contributed by atoms with Gasteiger partial charge in [-0.1, -0.05) is 6.07 Å². The Morgan fingerprint density at radius 2 is 1.86 bits per heavy atom. The molecule has 1 amide bonds. The molecule has 1 saturated heterocycles. The molecule has 0 radical (unpaired) electrons. The molecule has 3 aromatic rings. The second kappa shape index (κ2) is 9.68. The summed E-state index contributed by atoms with van der Waals surface area (Å²) in [4.78, 5) is 25.0. The monoisotopic (exact) mass is 489 g/mol. The summed E-state index contributed by atoms with van der Waals surface area (Å²) in [5.41, 5.74) is 6.00. The zero-order chi connectivity index (χ0) is 24.5. The third-order valence-corrected chi connectivity index (χ3v) is 6.70. The van der Waals surface area contributed by atoms with Crippen molar-refractivity contribution in [3.05, 3.63) is 36.0 Å². The van der Waals surface area contributed by atoms with Gasteiger partial charge in [-0.25, -0.2) is 23.1 Å². The van der Waals surface area contributed by atoms with Gasteiger partial charge in [0.05, 0.1) is 18.8 Å². The highest BCUT2D eigenvalue weighted by molar-refractivity contribution is 5.78. The van der Waals surface area contributed by atoms with Gasteiger partial charge in [0, 0.05) is 18.6 Å². The minimum Gasteiger partial charge on any atom is -0.378 e. The van der Waals surface area contributed by atoms with E-state index in [-0.39, 0.29) is 42.1 Å². The van der Waals surface area contributed by atoms with Gasteiger partial charge in [-0.15, -0.1) is 0 Å². The van der Waals surface area contributed by atoms with Crippen molar-refractivity contribution < 1.29 is 22.7 Å². The maximum absolute atomic E-state index is 14.4. The van der Waals surface area contributed by atoms with Crippen molar-refractivity contribution >= 4 is 34.7 Å². The molecule has 2 fully saturated rings. The number of nitrogens with two attached hydrogens (primary N) is 1. The number of nitrogens with one attached hydrogen (secondary N) is 2. The van der Waals surface area contributed by atoms with E-state index in [9.17, 15) is 18.0 Å². The molecule has 1 aliphatic carbocycles. The van der Waals surface area contributed by atoms with Crippen molar-refractivity contribution in [2.75, 3.05) is 23.8 Å². The number of alkyl halides is 1. The van der Waals surface area contributed by atoms with Gasteiger partial charge in [0.15, 0.2) is 5.65 Å². The van der Waals surface area contributed by atoms with Gasteiger partial charge in [-0.2, -0.15) is 4.98 Å². The molecule has 12 heteroatoms. The molecular weight excluding hydrogens is 463 g/mol. The molecule has 5 rings (SSSR count). The van der Waals surface area contributed by atoms with Crippen LogP contribution in [0.25, 0.3) is 11.2 Å². The minimum absolute atomic E-state index is 0.00319. The van der Waals surface area contributed by atoms with E-state index in [0.29, 0.717) is 49.9 Å². The second-order valence-corrected chi connectivity index (χ2v) is 8.97. The Bertz CT molecular complexity index is 1210. The summed E-state index contributed by atoms with van der Waals surface area (Å²) in [6.45, 7) is 0.437. The lowest BCUT2D eigenvalue weighted by Gasteiger charge is -2.29. The quantitative estimate of drug-likeness (QED) is 0.484. The number of imidazole rings is 1. The lowest BCUT2D eigenvalue weighted by atomic mass is 9.85. The smallest absolute Gasteiger partial charge is 0.225 e. The van der Waals surface area contributed by atoms with Crippen molar-refractivity contribution in [1.29, 1.82) is 0 Å². The first-order chi connectivity index (χ1) is 16.9. The number of carbonyl (C=O) groups excluding carboxylic acids is 1. The summed E-state index contributed by atoms with van der Waals surface area (Å²) in [7, 11) is 0. The first-order valence-corrected chi connectivity index (χ1v) is 11.6. The van der Waals surface area contributed by atoms with Crippen molar-refractivity contribution in [2.24, 2.45) is 11.7 Å². The zero-order valence-electron chi connectivity index (χ0n) is 18.9. The van der Waals surface area contributed by atoms with Crippen LogP contribution in [0.5, 0.6) is 0 Å². The normalized spacial score (nSPS) is 24.9. The van der Waals surface area contributed by atoms with Gasteiger partial charge >= 0.3 is 0 Å². The number of benzene rings is 1. The number of fused-ring (bicyclic) bond motifs is 1. The average molecular weight is 490 g/mol. The zero-order valence-corrected chi connectivity index (χ0v) is 18.9. The van der Waals surface area contributed by atoms with Crippen LogP contribution in [0.15, 0.2) is 24.4 Å². The standard InChI is InChI=1S/C23H26F3N7O2/c24-14-2-1-3-15(25)19(14)31-23-30-18-10-28-22(29-17-8-9-35-11-16(17)26)32-21(18)33(23)13-6-4-12(5-7-13)20(27)34/h1-3,10,12-13,16-17H,4-9,11H2,(H2,27,34)(H,30,31)(H,28,29,32)/t12-,13-,16-,17-/m1/s1. The summed E-state index contributed by atoms with van der Waals surface area (Å²) >= 11 is 0. The molecule has 1 saturated carbocycles. The van der Waals surface area contributed by atoms with E-state index in [1.165, 1.54) is 12.3 Å². The molecule has 1 aromatic carbocycles. The molecule has 186 valence electrons. The van der Waals surface area contributed by atoms with E-state index in [2.05, 4.69) is 25.6 Å². The number of halogens is 3. The molecule has 0 bridgehead atoms. The lowest BCUT2D eigenvalue weighted by molar-refractivity contribution is -0.122. The number of amides is 1. The fourth-order valence-electron chi connectivity index (χ4n) is 4.77. The predicted molar refractivity (Wildman–Crippen MR) is 123 cm³/mol. The van der Waals surface area contributed by atoms with Crippen LogP contribution in [-0.2, 0) is 9.53 Å². The molecular formula is C23H26F3N7O2. The lowest BCUT2D eigenvalue weighted by Crippen LogP contribution is -2.39. The number of primary amides is 1. The molecule has 4 N–H and O–H groups in total. The molecule has 2 atom stereocenters. The topological polar surface area (TPSA) is 120 Å². The highest BCUT2D eigenvalue weighted by Crippen LogP contribution is 2.37. The fourth-order valence-corrected chi connectivity index (χ4v) is 4.77. The van der Waals surface area contributed by atoms with Gasteiger partial charge in [0.2, 0.25) is 17.8 Å². The van der Waals surface area contributed by atoms with Crippen LogP contribution in [0.1, 0.15) is 38.1 Å². The number of nitrogens with zero attached hydrogens (tertiary/aromatic N) is 4. The Kier molecular flexibility index (Phi) is 6.46. The summed E-state index contributed by atoms with van der Waals surface area (Å²) in [6, 6.07) is 2.95. The number of anilines is 3. The van der Waals surface area contributed by atoms with E-state index >= 15 is 0 Å². The second-order valence-electron chi connectivity index (χ2n) is 8.97. The molecule has 0 spiro atoms. The van der Waals surface area contributed by atoms with Gasteiger partial charge in [-0.3, -0.25) is 9.36 Å². The molecule has 1 aliphatic heterocycles. The number of para-hydroxylation sites is 1. The number of aromatic nitrogens is 4. The maximum atomic E-state index is 14.4. The molecule has 2 aromatic heterocycles. The van der Waals surface area contributed by atoms with Gasteiger partial charge in [0.1, 0.15) is 29.0 Å². The van der Waals surface area contributed by atoms with E-state index in [0.717, 1.165) is 12.1 Å². The van der Waals surface area contributed by atoms with E-state index in [1.807, 2.05) is 0 Å². The summed E-state index contributed by atoms with van der Waals surface area (Å²) in [5.74, 6) is -1.65. The fraction of sp³-hybridized carbons (Fsp3) is 0.478. The number of ether oxygens (including phenoxy) is 1. The van der Waals surface area contributed by atoms with Crippen LogP contribution in [0.2, 0.25) is 0 Å². The highest BCUT2D eigenvalue weighted by atomic mass is 19.1. The molecule has 3 heterocycles. The Balaban J connectivity index is 1.52. The van der Waals surface area contributed by atoms with E-state index in [1.54, 1.807) is 4.57 Å². The van der Waals surface area contributed by atoms with Crippen LogP contribution in [-0.4, -0.2) is 50.9 Å². The van der Waals surface area contributed by atoms with Crippen LogP contribution in [0.4, 0.5) is 30.8 Å². The van der Waals surface area contributed by atoms with Crippen molar-refractivity contribution in [2.45, 2.75) is 50.4 Å². The van der Waals surface area contributed by atoms with E-state index < -0.39 is 23.8 Å². The Labute approximate surface area is 199 Å². The van der Waals surface area contributed by atoms with Crippen LogP contribution >= 0.6 is 0 Å². The Hall–Kier alpha value is -3.41. The van der Waals surface area contributed by atoms with Crippen LogP contribution in [0.3, 0.4) is 0 Å². The predicted octanol–water partition coefficient (Wildman–Crippen LogP) is 3.60. The summed E-state index contributed by atoms with van der Waals surface area (Å²) in [5, 5.41) is 5.82. The highest BCUT2D eigenvalue weighted by Gasteiger charge is 2.30. The third-order valence-electron chi connectivity index (χ3n) is 6.70. The van der Waals surface area contributed by atoms with Crippen molar-refractivity contribution in [3.63, 3.8) is 0 Å². The number of hydrogen-bond acceptors (Lipinski definition) is 7. The SMILES string of the molecule is NC(=O)[C@H]1CC[C@H](n2c(Nc3c(F)cccc3F)nc3cnc(N[C@@H]4CCOC[C@H]4F)nc32)CC1. The van der Waals surface area contributed by atoms with Gasteiger partial charge in [-0.05, 0) is 44.2 Å². The first-order valence-electron chi connectivity index (χ1n) is 11.6. The number of hydrogen-bond donors (Lipinski definition) is 3. The molecule has 2 aliphatic rings. The van der Waals surface area contributed by atoms with Crippen molar-refractivity contribution in [1.82, 2.24) is 19.5 Å². The van der Waals surface area contributed by atoms with Gasteiger partial charge in [0.25, 0.3) is 0 Å². The summed E-state index contributed by atoms with van der Waals surface area (Å²) < 4.78 is 50.0. The number of rotatable bonds is 6. The van der Waals surface area contributed by atoms with E-state index in [4.69, 9.17) is 10.5 Å². The van der Waals surface area contributed by atoms with Crippen molar-refractivity contribution in [3.8, 4) is 0 Å².